The Hall–Kier alpha value is -0.130. The molecule has 112 valence electrons. The van der Waals surface area contributed by atoms with E-state index in [1.165, 1.54) is 32.1 Å². The first kappa shape index (κ1) is 15.3. The van der Waals surface area contributed by atoms with E-state index in [-0.39, 0.29) is 11.8 Å². The summed E-state index contributed by atoms with van der Waals surface area (Å²) >= 11 is 0. The van der Waals surface area contributed by atoms with Crippen LogP contribution in [0.25, 0.3) is 0 Å². The normalized spacial score (nSPS) is 33.2. The van der Waals surface area contributed by atoms with Crippen LogP contribution in [0.15, 0.2) is 0 Å². The van der Waals surface area contributed by atoms with Crippen molar-refractivity contribution in [3.63, 3.8) is 0 Å². The quantitative estimate of drug-likeness (QED) is 0.812. The van der Waals surface area contributed by atoms with Crippen molar-refractivity contribution in [1.29, 1.82) is 0 Å². The van der Waals surface area contributed by atoms with Crippen molar-refractivity contribution < 1.29 is 8.42 Å². The lowest BCUT2D eigenvalue weighted by atomic mass is 9.81. The molecule has 1 aliphatic carbocycles. The van der Waals surface area contributed by atoms with Gasteiger partial charge in [-0.1, -0.05) is 32.6 Å². The molecular formula is C14H28N2O2S. The molecule has 5 heteroatoms. The highest BCUT2D eigenvalue weighted by molar-refractivity contribution is 7.89. The molecule has 3 unspecified atom stereocenters. The summed E-state index contributed by atoms with van der Waals surface area (Å²) in [6, 6.07) is 0.148. The smallest absolute Gasteiger partial charge is 0.213 e. The summed E-state index contributed by atoms with van der Waals surface area (Å²) in [5, 5.41) is 3.30. The Kier molecular flexibility index (Phi) is 5.66. The van der Waals surface area contributed by atoms with E-state index in [1.54, 1.807) is 0 Å². The van der Waals surface area contributed by atoms with Gasteiger partial charge in [0.05, 0.1) is 5.75 Å². The molecule has 1 aliphatic heterocycles. The molecule has 0 aromatic rings. The maximum absolute atomic E-state index is 12.1. The molecule has 2 aliphatic rings. The molecule has 1 saturated heterocycles. The Labute approximate surface area is 117 Å². The van der Waals surface area contributed by atoms with E-state index in [9.17, 15) is 8.42 Å². The molecule has 0 amide bonds. The van der Waals surface area contributed by atoms with Crippen LogP contribution in [0.1, 0.15) is 51.9 Å². The van der Waals surface area contributed by atoms with Crippen molar-refractivity contribution in [1.82, 2.24) is 10.0 Å². The second kappa shape index (κ2) is 7.04. The highest BCUT2D eigenvalue weighted by atomic mass is 32.2. The summed E-state index contributed by atoms with van der Waals surface area (Å²) in [6.45, 7) is 3.84. The van der Waals surface area contributed by atoms with Crippen molar-refractivity contribution in [3.05, 3.63) is 0 Å². The summed E-state index contributed by atoms with van der Waals surface area (Å²) in [6.07, 6.45) is 8.27. The van der Waals surface area contributed by atoms with E-state index >= 15 is 0 Å². The van der Waals surface area contributed by atoms with E-state index in [0.717, 1.165) is 19.4 Å². The number of piperidine rings is 1. The van der Waals surface area contributed by atoms with Gasteiger partial charge in [0.15, 0.2) is 0 Å². The Balaban J connectivity index is 1.76. The minimum Gasteiger partial charge on any atom is -0.313 e. The zero-order valence-electron chi connectivity index (χ0n) is 12.0. The van der Waals surface area contributed by atoms with Crippen LogP contribution in [0.2, 0.25) is 0 Å². The lowest BCUT2D eigenvalue weighted by molar-refractivity contribution is 0.257. The molecule has 0 spiro atoms. The molecule has 1 saturated carbocycles. The summed E-state index contributed by atoms with van der Waals surface area (Å²) in [7, 11) is -3.12. The average molecular weight is 288 g/mol. The van der Waals surface area contributed by atoms with Crippen LogP contribution in [0.3, 0.4) is 0 Å². The Bertz CT molecular complexity index is 364. The first-order valence-electron chi connectivity index (χ1n) is 7.77. The van der Waals surface area contributed by atoms with Crippen molar-refractivity contribution in [3.8, 4) is 0 Å². The van der Waals surface area contributed by atoms with E-state index in [2.05, 4.69) is 17.0 Å². The van der Waals surface area contributed by atoms with Gasteiger partial charge in [0.1, 0.15) is 0 Å². The van der Waals surface area contributed by atoms with E-state index in [1.807, 2.05) is 0 Å². The maximum atomic E-state index is 12.1. The minimum absolute atomic E-state index is 0.148. The number of hydrogen-bond donors (Lipinski definition) is 2. The van der Waals surface area contributed by atoms with Gasteiger partial charge in [-0.25, -0.2) is 13.1 Å². The molecule has 3 atom stereocenters. The molecule has 19 heavy (non-hydrogen) atoms. The van der Waals surface area contributed by atoms with Gasteiger partial charge in [-0.2, -0.15) is 0 Å². The fourth-order valence-electron chi connectivity index (χ4n) is 3.32. The molecular weight excluding hydrogens is 260 g/mol. The summed E-state index contributed by atoms with van der Waals surface area (Å²) in [5.41, 5.74) is 0. The molecule has 0 aromatic heterocycles. The first-order valence-corrected chi connectivity index (χ1v) is 9.43. The highest BCUT2D eigenvalue weighted by Gasteiger charge is 2.25. The second-order valence-corrected chi connectivity index (χ2v) is 8.15. The predicted octanol–water partition coefficient (Wildman–Crippen LogP) is 1.87. The molecule has 2 rings (SSSR count). The van der Waals surface area contributed by atoms with Gasteiger partial charge in [-0.05, 0) is 37.6 Å². The van der Waals surface area contributed by atoms with Crippen LogP contribution in [0.4, 0.5) is 0 Å². The fraction of sp³-hybridized carbons (Fsp3) is 1.00. The van der Waals surface area contributed by atoms with Gasteiger partial charge in [0.25, 0.3) is 0 Å². The Morgan fingerprint density at radius 2 is 1.84 bits per heavy atom. The summed E-state index contributed by atoms with van der Waals surface area (Å²) in [5.74, 6) is 1.43. The second-order valence-electron chi connectivity index (χ2n) is 6.30. The monoisotopic (exact) mass is 288 g/mol. The van der Waals surface area contributed by atoms with E-state index in [4.69, 9.17) is 0 Å². The third kappa shape index (κ3) is 5.04. The molecule has 4 nitrogen and oxygen atoms in total. The average Bonchev–Trinajstić information content (AvgIpc) is 2.38. The zero-order chi connectivity index (χ0) is 13.7. The standard InChI is InChI=1S/C14H28N2O2S/c1-12-6-2-3-7-13(12)10-16-19(17,18)11-14-8-4-5-9-15-14/h12-16H,2-11H2,1H3. The van der Waals surface area contributed by atoms with Crippen molar-refractivity contribution in [2.24, 2.45) is 11.8 Å². The third-order valence-electron chi connectivity index (χ3n) is 4.69. The largest absolute Gasteiger partial charge is 0.313 e. The van der Waals surface area contributed by atoms with E-state index < -0.39 is 10.0 Å². The molecule has 1 heterocycles. The third-order valence-corrected chi connectivity index (χ3v) is 6.14. The summed E-state index contributed by atoms with van der Waals surface area (Å²) in [4.78, 5) is 0. The number of nitrogens with one attached hydrogen (secondary N) is 2. The Morgan fingerprint density at radius 3 is 2.53 bits per heavy atom. The summed E-state index contributed by atoms with van der Waals surface area (Å²) < 4.78 is 27.0. The predicted molar refractivity (Wildman–Crippen MR) is 78.6 cm³/mol. The van der Waals surface area contributed by atoms with Crippen molar-refractivity contribution >= 4 is 10.0 Å². The topological polar surface area (TPSA) is 58.2 Å². The van der Waals surface area contributed by atoms with Crippen LogP contribution in [0, 0.1) is 11.8 Å². The van der Waals surface area contributed by atoms with Gasteiger partial charge in [0, 0.05) is 12.6 Å². The van der Waals surface area contributed by atoms with Gasteiger partial charge in [-0.3, -0.25) is 0 Å². The SMILES string of the molecule is CC1CCCCC1CNS(=O)(=O)CC1CCCCN1. The highest BCUT2D eigenvalue weighted by Crippen LogP contribution is 2.29. The van der Waals surface area contributed by atoms with Gasteiger partial charge < -0.3 is 5.32 Å². The van der Waals surface area contributed by atoms with E-state index in [0.29, 0.717) is 18.4 Å². The molecule has 0 radical (unpaired) electrons. The van der Waals surface area contributed by atoms with Crippen molar-refractivity contribution in [2.75, 3.05) is 18.8 Å². The minimum atomic E-state index is -3.12. The van der Waals surface area contributed by atoms with Crippen molar-refractivity contribution in [2.45, 2.75) is 57.9 Å². The fourth-order valence-corrected chi connectivity index (χ4v) is 4.72. The number of hydrogen-bond acceptors (Lipinski definition) is 3. The van der Waals surface area contributed by atoms with Crippen LogP contribution in [-0.2, 0) is 10.0 Å². The van der Waals surface area contributed by atoms with Crippen LogP contribution >= 0.6 is 0 Å². The van der Waals surface area contributed by atoms with Crippen LogP contribution in [-0.4, -0.2) is 33.3 Å². The lowest BCUT2D eigenvalue weighted by Crippen LogP contribution is -2.44. The zero-order valence-corrected chi connectivity index (χ0v) is 12.8. The van der Waals surface area contributed by atoms with Gasteiger partial charge >= 0.3 is 0 Å². The molecule has 2 N–H and O–H groups in total. The van der Waals surface area contributed by atoms with Crippen LogP contribution < -0.4 is 10.0 Å². The van der Waals surface area contributed by atoms with Gasteiger partial charge in [-0.15, -0.1) is 0 Å². The first-order chi connectivity index (χ1) is 9.07. The molecule has 0 aromatic carbocycles. The Morgan fingerprint density at radius 1 is 1.11 bits per heavy atom. The van der Waals surface area contributed by atoms with Crippen LogP contribution in [0.5, 0.6) is 0 Å². The number of rotatable bonds is 5. The molecule has 2 fully saturated rings. The molecule has 0 bridgehead atoms. The number of sulfonamides is 1. The maximum Gasteiger partial charge on any atom is 0.213 e. The van der Waals surface area contributed by atoms with Gasteiger partial charge in [0.2, 0.25) is 10.0 Å². The lowest BCUT2D eigenvalue weighted by Gasteiger charge is -2.29.